The van der Waals surface area contributed by atoms with Crippen molar-refractivity contribution >= 4 is 33.4 Å². The van der Waals surface area contributed by atoms with Crippen LogP contribution in [0.3, 0.4) is 0 Å². The number of rotatable bonds is 7. The molecule has 3 saturated heterocycles. The zero-order valence-electron chi connectivity index (χ0n) is 25.3. The number of hydrogen-bond acceptors (Lipinski definition) is 7. The first-order chi connectivity index (χ1) is 22.3. The quantitative estimate of drug-likeness (QED) is 0.228. The van der Waals surface area contributed by atoms with Gasteiger partial charge in [0.15, 0.2) is 11.6 Å². The molecule has 1 atom stereocenters. The van der Waals surface area contributed by atoms with Crippen LogP contribution in [0, 0.1) is 23.0 Å². The lowest BCUT2D eigenvalue weighted by atomic mass is 9.95. The molecule has 3 aliphatic rings. The summed E-state index contributed by atoms with van der Waals surface area (Å²) in [6, 6.07) is 14.7. The van der Waals surface area contributed by atoms with Crippen LogP contribution < -0.4 is 9.64 Å². The molecule has 4 heterocycles. The summed E-state index contributed by atoms with van der Waals surface area (Å²) in [6.07, 6.45) is 4.14. The molecule has 0 unspecified atom stereocenters. The van der Waals surface area contributed by atoms with Crippen LogP contribution >= 0.6 is 0 Å². The van der Waals surface area contributed by atoms with Crippen LogP contribution in [-0.4, -0.2) is 76.6 Å². The minimum Gasteiger partial charge on any atom is -0.461 e. The average molecular weight is 627 g/mol. The fourth-order valence-corrected chi connectivity index (χ4v) is 7.57. The standard InChI is InChI=1S/C35H33F3N6O2/c1-22(36)33(45)44-19-18-42(20-24(44)12-15-39)32-27-11-10-26(25-8-2-6-23-7-3-9-28(37)29(23)25)30(38)31(27)40-34(41-32)46-21-35-13-4-16-43(35)17-5-14-35/h2-3,6-11,24H,1,4-5,12-14,16-21H2/t24-/m0/s1. The van der Waals surface area contributed by atoms with E-state index in [9.17, 15) is 14.4 Å². The van der Waals surface area contributed by atoms with Crippen molar-refractivity contribution in [2.24, 2.45) is 0 Å². The second-order valence-electron chi connectivity index (χ2n) is 12.4. The van der Waals surface area contributed by atoms with Crippen molar-refractivity contribution in [3.63, 3.8) is 0 Å². The van der Waals surface area contributed by atoms with Crippen LogP contribution in [-0.2, 0) is 4.79 Å². The molecular weight excluding hydrogens is 593 g/mol. The van der Waals surface area contributed by atoms with Crippen LogP contribution in [0.4, 0.5) is 19.0 Å². The maximum atomic E-state index is 16.7. The SMILES string of the molecule is C=C(F)C(=O)N1CCN(c2nc(OCC34CCCN3CCC4)nc3c(F)c(-c4cccc5cccc(F)c45)ccc23)C[C@@H]1CC#N. The topological polar surface area (TPSA) is 85.6 Å². The van der Waals surface area contributed by atoms with Crippen LogP contribution in [0.2, 0.25) is 0 Å². The number of halogens is 3. The van der Waals surface area contributed by atoms with Crippen molar-refractivity contribution in [2.45, 2.75) is 43.7 Å². The van der Waals surface area contributed by atoms with E-state index in [1.165, 1.54) is 11.0 Å². The van der Waals surface area contributed by atoms with E-state index in [1.54, 1.807) is 42.5 Å². The van der Waals surface area contributed by atoms with Gasteiger partial charge in [-0.25, -0.2) is 13.2 Å². The average Bonchev–Trinajstić information content (AvgIpc) is 3.64. The van der Waals surface area contributed by atoms with Crippen LogP contribution in [0.1, 0.15) is 32.1 Å². The number of fused-ring (bicyclic) bond motifs is 3. The van der Waals surface area contributed by atoms with Gasteiger partial charge in [0.1, 0.15) is 23.8 Å². The van der Waals surface area contributed by atoms with Crippen LogP contribution in [0.5, 0.6) is 6.01 Å². The lowest BCUT2D eigenvalue weighted by Gasteiger charge is -2.41. The molecule has 8 nitrogen and oxygen atoms in total. The molecule has 3 fully saturated rings. The normalized spacial score (nSPS) is 19.4. The van der Waals surface area contributed by atoms with E-state index in [2.05, 4.69) is 22.5 Å². The summed E-state index contributed by atoms with van der Waals surface area (Å²) in [6.45, 7) is 6.06. The number of nitrogens with zero attached hydrogens (tertiary/aromatic N) is 6. The van der Waals surface area contributed by atoms with Gasteiger partial charge in [0, 0.05) is 36.0 Å². The van der Waals surface area contributed by atoms with Gasteiger partial charge in [-0.1, -0.05) is 43.0 Å². The Labute approximate surface area is 264 Å². The Morgan fingerprint density at radius 3 is 2.52 bits per heavy atom. The number of nitriles is 1. The third kappa shape index (κ3) is 5.10. The second kappa shape index (κ2) is 11.9. The molecule has 4 aromatic rings. The number of carbonyl (C=O) groups is 1. The summed E-state index contributed by atoms with van der Waals surface area (Å²) >= 11 is 0. The molecule has 7 rings (SSSR count). The van der Waals surface area contributed by atoms with Crippen LogP contribution in [0.25, 0.3) is 32.8 Å². The highest BCUT2D eigenvalue weighted by atomic mass is 19.1. The summed E-state index contributed by atoms with van der Waals surface area (Å²) in [5.74, 6) is -2.66. The van der Waals surface area contributed by atoms with E-state index in [1.807, 2.05) is 4.90 Å². The van der Waals surface area contributed by atoms with Crippen molar-refractivity contribution in [2.75, 3.05) is 44.2 Å². The zero-order chi connectivity index (χ0) is 32.0. The number of benzene rings is 3. The van der Waals surface area contributed by atoms with Gasteiger partial charge in [0.2, 0.25) is 0 Å². The first kappa shape index (κ1) is 30.0. The van der Waals surface area contributed by atoms with Gasteiger partial charge < -0.3 is 14.5 Å². The van der Waals surface area contributed by atoms with Crippen molar-refractivity contribution in [1.82, 2.24) is 19.8 Å². The van der Waals surface area contributed by atoms with Crippen LogP contribution in [0.15, 0.2) is 60.9 Å². The Morgan fingerprint density at radius 2 is 1.78 bits per heavy atom. The monoisotopic (exact) mass is 626 g/mol. The molecule has 3 aromatic carbocycles. The first-order valence-corrected chi connectivity index (χ1v) is 15.6. The predicted octanol–water partition coefficient (Wildman–Crippen LogP) is 6.15. The molecule has 0 N–H and O–H groups in total. The predicted molar refractivity (Wildman–Crippen MR) is 169 cm³/mol. The first-order valence-electron chi connectivity index (χ1n) is 15.6. The summed E-state index contributed by atoms with van der Waals surface area (Å²) in [7, 11) is 0. The second-order valence-corrected chi connectivity index (χ2v) is 12.4. The molecule has 0 bridgehead atoms. The van der Waals surface area contributed by atoms with Crippen molar-refractivity contribution in [3.05, 3.63) is 72.6 Å². The van der Waals surface area contributed by atoms with Gasteiger partial charge in [-0.05, 0) is 61.9 Å². The zero-order valence-corrected chi connectivity index (χ0v) is 25.3. The fourth-order valence-electron chi connectivity index (χ4n) is 7.57. The molecule has 0 saturated carbocycles. The maximum Gasteiger partial charge on any atom is 0.319 e. The number of anilines is 1. The van der Waals surface area contributed by atoms with Gasteiger partial charge in [-0.2, -0.15) is 15.2 Å². The van der Waals surface area contributed by atoms with Gasteiger partial charge in [0.25, 0.3) is 5.91 Å². The van der Waals surface area contributed by atoms with E-state index in [4.69, 9.17) is 9.72 Å². The van der Waals surface area contributed by atoms with Crippen molar-refractivity contribution in [3.8, 4) is 23.2 Å². The molecule has 1 aromatic heterocycles. The van der Waals surface area contributed by atoms with Gasteiger partial charge >= 0.3 is 6.01 Å². The minimum atomic E-state index is -1.09. The molecule has 3 aliphatic heterocycles. The smallest absolute Gasteiger partial charge is 0.319 e. The van der Waals surface area contributed by atoms with Crippen molar-refractivity contribution in [1.29, 1.82) is 5.26 Å². The Morgan fingerprint density at radius 1 is 1.02 bits per heavy atom. The number of piperazine rings is 1. The highest BCUT2D eigenvalue weighted by Gasteiger charge is 2.45. The highest BCUT2D eigenvalue weighted by Crippen LogP contribution is 2.40. The summed E-state index contributed by atoms with van der Waals surface area (Å²) < 4.78 is 51.9. The van der Waals surface area contributed by atoms with Gasteiger partial charge in [-0.3, -0.25) is 9.69 Å². The Bertz CT molecular complexity index is 1890. The van der Waals surface area contributed by atoms with E-state index in [0.717, 1.165) is 38.8 Å². The molecule has 1 amide bonds. The van der Waals surface area contributed by atoms with Gasteiger partial charge in [0.05, 0.1) is 24.1 Å². The van der Waals surface area contributed by atoms with Gasteiger partial charge in [-0.15, -0.1) is 0 Å². The Kier molecular flexibility index (Phi) is 7.77. The lowest BCUT2D eigenvalue weighted by molar-refractivity contribution is -0.131. The molecule has 46 heavy (non-hydrogen) atoms. The minimum absolute atomic E-state index is 0.0169. The summed E-state index contributed by atoms with van der Waals surface area (Å²) in [4.78, 5) is 27.5. The molecule has 236 valence electrons. The molecule has 0 spiro atoms. The number of amides is 1. The summed E-state index contributed by atoms with van der Waals surface area (Å²) in [5.41, 5.74) is 0.509. The number of ether oxygens (including phenoxy) is 1. The van der Waals surface area contributed by atoms with Crippen molar-refractivity contribution < 1.29 is 22.7 Å². The van der Waals surface area contributed by atoms with E-state index >= 15 is 8.78 Å². The third-order valence-electron chi connectivity index (χ3n) is 9.79. The third-order valence-corrected chi connectivity index (χ3v) is 9.79. The number of hydrogen-bond donors (Lipinski definition) is 0. The fraction of sp³-hybridized carbons (Fsp3) is 0.371. The molecular formula is C35H33F3N6O2. The largest absolute Gasteiger partial charge is 0.461 e. The van der Waals surface area contributed by atoms with E-state index in [0.29, 0.717) is 34.1 Å². The molecule has 0 aliphatic carbocycles. The lowest BCUT2D eigenvalue weighted by Crippen LogP contribution is -2.55. The number of aromatic nitrogens is 2. The van der Waals surface area contributed by atoms with E-state index in [-0.39, 0.29) is 48.7 Å². The Hall–Kier alpha value is -4.69. The van der Waals surface area contributed by atoms with E-state index < -0.39 is 29.4 Å². The number of carbonyl (C=O) groups excluding carboxylic acids is 1. The molecule has 0 radical (unpaired) electrons. The Balaban J connectivity index is 1.33. The molecule has 11 heteroatoms. The highest BCUT2D eigenvalue weighted by molar-refractivity contribution is 6.01. The summed E-state index contributed by atoms with van der Waals surface area (Å²) in [5, 5.41) is 10.9. The maximum absolute atomic E-state index is 16.7.